The van der Waals surface area contributed by atoms with E-state index in [1.54, 1.807) is 7.05 Å². The molecular weight excluding hydrogens is 498 g/mol. The summed E-state index contributed by atoms with van der Waals surface area (Å²) in [5.74, 6) is -1.42. The number of nitrogen functional groups attached to an aromatic ring is 1. The smallest absolute Gasteiger partial charge is 0.296 e. The van der Waals surface area contributed by atoms with E-state index in [0.717, 1.165) is 6.07 Å². The Morgan fingerprint density at radius 2 is 1.37 bits per heavy atom. The summed E-state index contributed by atoms with van der Waals surface area (Å²) in [5.41, 5.74) is 4.56. The number of nitrogens with one attached hydrogen (secondary N) is 2. The van der Waals surface area contributed by atoms with Gasteiger partial charge in [0, 0.05) is 17.7 Å². The van der Waals surface area contributed by atoms with Crippen LogP contribution in [0.2, 0.25) is 0 Å². The molecule has 0 radical (unpaired) electrons. The Morgan fingerprint density at radius 1 is 0.800 bits per heavy atom. The van der Waals surface area contributed by atoms with Gasteiger partial charge >= 0.3 is 0 Å². The van der Waals surface area contributed by atoms with Crippen LogP contribution in [-0.2, 0) is 26.8 Å². The van der Waals surface area contributed by atoms with Gasteiger partial charge in [-0.15, -0.1) is 0 Å². The first-order valence-electron chi connectivity index (χ1n) is 9.99. The minimum Gasteiger partial charge on any atom is -0.397 e. The molecule has 0 saturated carbocycles. The molecule has 1 aliphatic rings. The SMILES string of the molecule is CNCc1ccc(Nc2cc(S(=O)(=O)O)c(N)c3c2C(=O)c2ccccc2C3=O)c(S(=O)(=O)O)c1. The first-order chi connectivity index (χ1) is 16.3. The third-order valence-electron chi connectivity index (χ3n) is 5.45. The fourth-order valence-electron chi connectivity index (χ4n) is 3.95. The Labute approximate surface area is 200 Å². The second kappa shape index (κ2) is 8.55. The summed E-state index contributed by atoms with van der Waals surface area (Å²) in [6.07, 6.45) is 0. The van der Waals surface area contributed by atoms with Crippen molar-refractivity contribution in [3.8, 4) is 0 Å². The van der Waals surface area contributed by atoms with Gasteiger partial charge in [-0.1, -0.05) is 30.3 Å². The molecule has 6 N–H and O–H groups in total. The molecule has 13 heteroatoms. The van der Waals surface area contributed by atoms with E-state index in [4.69, 9.17) is 5.73 Å². The Kier molecular flexibility index (Phi) is 5.99. The molecule has 35 heavy (non-hydrogen) atoms. The maximum Gasteiger partial charge on any atom is 0.296 e. The van der Waals surface area contributed by atoms with E-state index in [1.807, 2.05) is 0 Å². The molecule has 0 unspecified atom stereocenters. The Balaban J connectivity index is 2.02. The van der Waals surface area contributed by atoms with Crippen molar-refractivity contribution in [2.24, 2.45) is 0 Å². The second-order valence-corrected chi connectivity index (χ2v) is 10.5. The van der Waals surface area contributed by atoms with Gasteiger partial charge in [-0.05, 0) is 30.8 Å². The van der Waals surface area contributed by atoms with Gasteiger partial charge in [0.05, 0.1) is 28.2 Å². The quantitative estimate of drug-likeness (QED) is 0.185. The monoisotopic (exact) mass is 517 g/mol. The van der Waals surface area contributed by atoms with E-state index in [0.29, 0.717) is 5.56 Å². The van der Waals surface area contributed by atoms with E-state index >= 15 is 0 Å². The van der Waals surface area contributed by atoms with Crippen molar-refractivity contribution >= 4 is 48.9 Å². The Bertz CT molecular complexity index is 1630. The number of fused-ring (bicyclic) bond motifs is 2. The normalized spacial score (nSPS) is 13.3. The van der Waals surface area contributed by atoms with Gasteiger partial charge in [0.15, 0.2) is 11.6 Å². The lowest BCUT2D eigenvalue weighted by atomic mass is 9.82. The Hall–Kier alpha value is -3.62. The number of hydrogen-bond acceptors (Lipinski definition) is 9. The summed E-state index contributed by atoms with van der Waals surface area (Å²) in [5, 5.41) is 5.47. The zero-order valence-corrected chi connectivity index (χ0v) is 19.7. The van der Waals surface area contributed by atoms with Crippen LogP contribution < -0.4 is 16.4 Å². The molecule has 4 rings (SSSR count). The molecule has 0 heterocycles. The predicted octanol–water partition coefficient (Wildman–Crippen LogP) is 2.00. The summed E-state index contributed by atoms with van der Waals surface area (Å²) in [7, 11) is -8.09. The fourth-order valence-corrected chi connectivity index (χ4v) is 5.29. The van der Waals surface area contributed by atoms with Crippen molar-refractivity contribution in [3.63, 3.8) is 0 Å². The zero-order chi connectivity index (χ0) is 25.7. The molecule has 182 valence electrons. The molecule has 1 aliphatic carbocycles. The molecule has 3 aromatic carbocycles. The van der Waals surface area contributed by atoms with Crippen LogP contribution in [-0.4, -0.2) is 44.6 Å². The average molecular weight is 518 g/mol. The molecule has 0 aromatic heterocycles. The third-order valence-corrected chi connectivity index (χ3v) is 7.24. The molecule has 11 nitrogen and oxygen atoms in total. The first-order valence-corrected chi connectivity index (χ1v) is 12.9. The van der Waals surface area contributed by atoms with Crippen LogP contribution in [0.4, 0.5) is 17.1 Å². The number of carbonyl (C=O) groups excluding carboxylic acids is 2. The standard InChI is InChI=1S/C22H19N3O8S2/c1-24-10-11-6-7-14(16(8-11)34(28,29)30)25-15-9-17(35(31,32)33)20(23)19-18(15)21(26)12-4-2-3-5-13(12)22(19)27/h2-9,24-25H,10,23H2,1H3,(H,28,29,30)(H,31,32,33). The third kappa shape index (κ3) is 4.31. The minimum atomic E-state index is -4.96. The minimum absolute atomic E-state index is 0.00909. The van der Waals surface area contributed by atoms with Gasteiger partial charge in [-0.25, -0.2) is 0 Å². The van der Waals surface area contributed by atoms with Gasteiger partial charge in [-0.3, -0.25) is 18.7 Å². The summed E-state index contributed by atoms with van der Waals surface area (Å²) in [6, 6.07) is 10.7. The van der Waals surface area contributed by atoms with Crippen LogP contribution in [0.3, 0.4) is 0 Å². The average Bonchev–Trinajstić information content (AvgIpc) is 2.78. The lowest BCUT2D eigenvalue weighted by Crippen LogP contribution is -2.25. The fraction of sp³-hybridized carbons (Fsp3) is 0.0909. The maximum absolute atomic E-state index is 13.4. The number of hydrogen-bond donors (Lipinski definition) is 5. The molecule has 0 atom stereocenters. The van der Waals surface area contributed by atoms with Crippen molar-refractivity contribution in [1.29, 1.82) is 0 Å². The number of ketones is 2. The molecular formula is C22H19N3O8S2. The van der Waals surface area contributed by atoms with Crippen molar-refractivity contribution in [2.75, 3.05) is 18.1 Å². The van der Waals surface area contributed by atoms with Crippen LogP contribution in [0.15, 0.2) is 58.3 Å². The van der Waals surface area contributed by atoms with Crippen molar-refractivity contribution < 1.29 is 35.5 Å². The molecule has 0 bridgehead atoms. The topological polar surface area (TPSA) is 193 Å². The van der Waals surface area contributed by atoms with E-state index in [9.17, 15) is 35.5 Å². The predicted molar refractivity (Wildman–Crippen MR) is 126 cm³/mol. The van der Waals surface area contributed by atoms with Crippen LogP contribution in [0.25, 0.3) is 0 Å². The van der Waals surface area contributed by atoms with Gasteiger partial charge < -0.3 is 16.4 Å². The number of carbonyl (C=O) groups is 2. The Morgan fingerprint density at radius 3 is 1.91 bits per heavy atom. The number of rotatable bonds is 6. The lowest BCUT2D eigenvalue weighted by molar-refractivity contribution is 0.0980. The molecule has 0 aliphatic heterocycles. The largest absolute Gasteiger partial charge is 0.397 e. The van der Waals surface area contributed by atoms with Crippen LogP contribution in [0, 0.1) is 0 Å². The van der Waals surface area contributed by atoms with Crippen molar-refractivity contribution in [1.82, 2.24) is 5.32 Å². The molecule has 0 saturated heterocycles. The summed E-state index contributed by atoms with van der Waals surface area (Å²) < 4.78 is 67.7. The summed E-state index contributed by atoms with van der Waals surface area (Å²) in [6.45, 7) is 0.275. The summed E-state index contributed by atoms with van der Waals surface area (Å²) in [4.78, 5) is 25.2. The van der Waals surface area contributed by atoms with Gasteiger partial charge in [-0.2, -0.15) is 16.8 Å². The van der Waals surface area contributed by atoms with Gasteiger partial charge in [0.1, 0.15) is 9.79 Å². The highest BCUT2D eigenvalue weighted by Gasteiger charge is 2.36. The molecule has 0 amide bonds. The summed E-state index contributed by atoms with van der Waals surface area (Å²) >= 11 is 0. The van der Waals surface area contributed by atoms with E-state index in [1.165, 1.54) is 42.5 Å². The number of nitrogens with two attached hydrogens (primary N) is 1. The van der Waals surface area contributed by atoms with Crippen molar-refractivity contribution in [3.05, 3.63) is 76.3 Å². The van der Waals surface area contributed by atoms with Crippen LogP contribution in [0.5, 0.6) is 0 Å². The van der Waals surface area contributed by atoms with Gasteiger partial charge in [0.25, 0.3) is 20.2 Å². The van der Waals surface area contributed by atoms with E-state index in [2.05, 4.69) is 10.6 Å². The maximum atomic E-state index is 13.4. The molecule has 0 spiro atoms. The van der Waals surface area contributed by atoms with Gasteiger partial charge in [0.2, 0.25) is 0 Å². The van der Waals surface area contributed by atoms with Crippen LogP contribution in [0.1, 0.15) is 37.4 Å². The van der Waals surface area contributed by atoms with Crippen LogP contribution >= 0.6 is 0 Å². The highest BCUT2D eigenvalue weighted by atomic mass is 32.2. The molecule has 3 aromatic rings. The highest BCUT2D eigenvalue weighted by Crippen LogP contribution is 2.40. The van der Waals surface area contributed by atoms with E-state index < -0.39 is 52.8 Å². The van der Waals surface area contributed by atoms with Crippen molar-refractivity contribution in [2.45, 2.75) is 16.3 Å². The highest BCUT2D eigenvalue weighted by molar-refractivity contribution is 7.86. The lowest BCUT2D eigenvalue weighted by Gasteiger charge is -2.24. The second-order valence-electron chi connectivity index (χ2n) is 7.73. The zero-order valence-electron chi connectivity index (χ0n) is 18.1. The first kappa shape index (κ1) is 24.5. The van der Waals surface area contributed by atoms with E-state index in [-0.39, 0.29) is 34.6 Å². The molecule has 0 fully saturated rings. The number of benzene rings is 3. The number of anilines is 3.